The smallest absolute Gasteiger partial charge is 0.309 e. The van der Waals surface area contributed by atoms with Crippen LogP contribution in [0.2, 0.25) is 0 Å². The second-order valence-electron chi connectivity index (χ2n) is 36.7. The highest BCUT2D eigenvalue weighted by atomic mass is 16.6. The van der Waals surface area contributed by atoms with Gasteiger partial charge in [-0.15, -0.1) is 0 Å². The van der Waals surface area contributed by atoms with Crippen LogP contribution in [0.3, 0.4) is 0 Å². The number of benzene rings is 12. The van der Waals surface area contributed by atoms with Crippen molar-refractivity contribution in [2.45, 2.75) is 186 Å². The molecule has 24 nitrogen and oxygen atoms in total. The fraction of sp³-hybridized carbons (Fsp3) is 0.303. The van der Waals surface area contributed by atoms with Gasteiger partial charge in [-0.1, -0.05) is 315 Å². The normalized spacial score (nSPS) is 11.6. The summed E-state index contributed by atoms with van der Waals surface area (Å²) in [5.74, 6) is 8.44. The number of hydrogen-bond donors (Lipinski definition) is 5. The molecule has 24 heteroatoms. The summed E-state index contributed by atoms with van der Waals surface area (Å²) in [4.78, 5) is 69.0. The Kier molecular flexibility index (Phi) is 40.0. The molecule has 3 atom stereocenters. The lowest BCUT2D eigenvalue weighted by Gasteiger charge is -2.17. The Balaban J connectivity index is 0.000000165. The summed E-state index contributed by atoms with van der Waals surface area (Å²) in [7, 11) is 1.55. The molecule has 12 aromatic carbocycles. The largest absolute Gasteiger partial charge is 0.507 e. The van der Waals surface area contributed by atoms with Gasteiger partial charge in [-0.25, -0.2) is 59.8 Å². The zero-order valence-electron chi connectivity index (χ0n) is 86.2. The monoisotopic (exact) mass is 1960 g/mol. The van der Waals surface area contributed by atoms with Crippen LogP contribution in [0, 0.1) is 67.2 Å². The van der Waals surface area contributed by atoms with Crippen LogP contribution in [0.5, 0.6) is 46.0 Å². The molecule has 4 heterocycles. The van der Waals surface area contributed by atoms with Crippen LogP contribution in [-0.4, -0.2) is 144 Å². The van der Waals surface area contributed by atoms with Gasteiger partial charge in [0.15, 0.2) is 69.9 Å². The van der Waals surface area contributed by atoms with Crippen molar-refractivity contribution in [2.75, 3.05) is 46.8 Å². The zero-order valence-corrected chi connectivity index (χ0v) is 86.2. The van der Waals surface area contributed by atoms with Crippen LogP contribution >= 0.6 is 0 Å². The van der Waals surface area contributed by atoms with Gasteiger partial charge in [0.05, 0.1) is 48.5 Å². The van der Waals surface area contributed by atoms with Gasteiger partial charge in [-0.05, 0) is 158 Å². The van der Waals surface area contributed by atoms with E-state index in [0.717, 1.165) is 129 Å². The molecule has 0 amide bonds. The number of methoxy groups -OCH3 is 1. The number of hydrogen-bond acceptors (Lipinski definition) is 24. The van der Waals surface area contributed by atoms with Crippen molar-refractivity contribution >= 4 is 5.97 Å². The van der Waals surface area contributed by atoms with Crippen LogP contribution < -0.4 is 18.9 Å². The van der Waals surface area contributed by atoms with E-state index in [1.54, 1.807) is 55.6 Å². The first kappa shape index (κ1) is 108. The van der Waals surface area contributed by atoms with E-state index in [1.165, 1.54) is 61.8 Å². The number of carbonyl (C=O) groups is 1. The number of unbranched alkanes of at least 4 members (excludes halogenated alkanes) is 7. The lowest BCUT2D eigenvalue weighted by Crippen LogP contribution is -2.25. The van der Waals surface area contributed by atoms with Gasteiger partial charge >= 0.3 is 5.97 Å². The Bertz CT molecular complexity index is 6710. The van der Waals surface area contributed by atoms with Gasteiger partial charge in [-0.2, -0.15) is 0 Å². The highest BCUT2D eigenvalue weighted by Crippen LogP contribution is 2.41. The molecule has 0 spiro atoms. The van der Waals surface area contributed by atoms with Crippen molar-refractivity contribution in [2.24, 2.45) is 11.8 Å². The summed E-state index contributed by atoms with van der Waals surface area (Å²) in [6, 6.07) is 84.0. The second kappa shape index (κ2) is 54.2. The SMILES string of the molecule is CCCCC(CC)C(=O)OCCOc1ccc(-c2nc(-c3ccccc3)nc(-c3ccccc3)n2)c(O)c1.CCCCC(CC)COCC(O)COc1ccc(-c2nc(-c3ccc(C)cc3C)nc(-c3ccc(C)cc3C)n2)c(O)c1.CCCCCCCCOc1ccc(-c2nc(-c3ccc(C)cc3C)nc(-c3ccc(C)cc3C)n2)c(O)c1.COc1ccc(-c2nc(-c3ccccc3)nc(-c3ccccc3)n2)c(O)c1. The van der Waals surface area contributed by atoms with E-state index < -0.39 is 6.10 Å². The molecule has 754 valence electrons. The van der Waals surface area contributed by atoms with Crippen LogP contribution in [-0.2, 0) is 14.3 Å². The summed E-state index contributed by atoms with van der Waals surface area (Å²) < 4.78 is 33.7. The number of ether oxygens (including phenoxy) is 6. The Labute approximate surface area is 858 Å². The van der Waals surface area contributed by atoms with E-state index in [1.807, 2.05) is 178 Å². The van der Waals surface area contributed by atoms with Gasteiger partial charge in [0, 0.05) is 75.4 Å². The first-order chi connectivity index (χ1) is 70.9. The summed E-state index contributed by atoms with van der Waals surface area (Å²) >= 11 is 0. The van der Waals surface area contributed by atoms with E-state index in [4.69, 9.17) is 58.3 Å². The molecule has 5 N–H and O–H groups in total. The number of rotatable bonds is 41. The minimum absolute atomic E-state index is 0.0191. The molecule has 0 fully saturated rings. The first-order valence-corrected chi connectivity index (χ1v) is 50.6. The van der Waals surface area contributed by atoms with Gasteiger partial charge in [0.2, 0.25) is 0 Å². The molecule has 16 aromatic rings. The molecule has 146 heavy (non-hydrogen) atoms. The van der Waals surface area contributed by atoms with Crippen molar-refractivity contribution < 1.29 is 58.7 Å². The number of aromatic hydroxyl groups is 4. The van der Waals surface area contributed by atoms with Crippen molar-refractivity contribution in [1.29, 1.82) is 0 Å². The van der Waals surface area contributed by atoms with Crippen LogP contribution in [0.4, 0.5) is 0 Å². The maximum atomic E-state index is 12.3. The van der Waals surface area contributed by atoms with Gasteiger partial charge in [0.25, 0.3) is 0 Å². The average Bonchev–Trinajstić information content (AvgIpc) is 0.781. The molecule has 0 aliphatic carbocycles. The summed E-state index contributed by atoms with van der Waals surface area (Å²) in [5, 5.41) is 53.7. The Hall–Kier alpha value is -15.5. The van der Waals surface area contributed by atoms with Crippen molar-refractivity contribution in [3.63, 3.8) is 0 Å². The van der Waals surface area contributed by atoms with E-state index in [0.29, 0.717) is 134 Å². The molecule has 0 aliphatic rings. The zero-order chi connectivity index (χ0) is 103. The van der Waals surface area contributed by atoms with E-state index in [9.17, 15) is 30.3 Å². The number of esters is 1. The number of aromatic nitrogens is 12. The molecule has 0 saturated heterocycles. The van der Waals surface area contributed by atoms with E-state index in [2.05, 4.69) is 148 Å². The van der Waals surface area contributed by atoms with Crippen molar-refractivity contribution in [3.05, 3.63) is 311 Å². The molecular formula is C122H134N12O12. The molecule has 0 bridgehead atoms. The van der Waals surface area contributed by atoms with Crippen molar-refractivity contribution in [1.82, 2.24) is 59.8 Å². The molecule has 4 aromatic heterocycles. The lowest BCUT2D eigenvalue weighted by molar-refractivity contribution is -0.149. The Morgan fingerprint density at radius 1 is 0.281 bits per heavy atom. The third-order valence-electron chi connectivity index (χ3n) is 25.0. The molecular weight excluding hydrogens is 1830 g/mol. The highest BCUT2D eigenvalue weighted by molar-refractivity contribution is 5.78. The predicted octanol–water partition coefficient (Wildman–Crippen LogP) is 27.6. The number of aliphatic hydroxyl groups excluding tert-OH is 1. The maximum Gasteiger partial charge on any atom is 0.309 e. The second-order valence-corrected chi connectivity index (χ2v) is 36.7. The van der Waals surface area contributed by atoms with Crippen LogP contribution in [0.25, 0.3) is 137 Å². The lowest BCUT2D eigenvalue weighted by atomic mass is 10.00. The van der Waals surface area contributed by atoms with Crippen LogP contribution in [0.15, 0.2) is 267 Å². The number of carbonyl (C=O) groups excluding carboxylic acids is 1. The summed E-state index contributed by atoms with van der Waals surface area (Å²) in [6.45, 7) is 29.1. The number of aryl methyl sites for hydroxylation is 8. The average molecular weight is 1960 g/mol. The third-order valence-corrected chi connectivity index (χ3v) is 25.0. The minimum Gasteiger partial charge on any atom is -0.507 e. The highest BCUT2D eigenvalue weighted by Gasteiger charge is 2.25. The molecule has 3 unspecified atom stereocenters. The molecule has 0 radical (unpaired) electrons. The predicted molar refractivity (Wildman–Crippen MR) is 580 cm³/mol. The minimum atomic E-state index is -0.769. The third kappa shape index (κ3) is 30.5. The Morgan fingerprint density at radius 3 is 0.904 bits per heavy atom. The topological polar surface area (TPSA) is 328 Å². The van der Waals surface area contributed by atoms with Crippen molar-refractivity contribution in [3.8, 4) is 183 Å². The molecule has 16 rings (SSSR count). The number of nitrogens with zero attached hydrogens (tertiary/aromatic N) is 12. The standard InChI is InChI=1S/C36H45N3O4.C33H39N3O2.C31H33N3O4.C22H17N3O2/c1-7-9-10-27(8-2)20-42-21-28(40)22-43-29-13-16-32(33(41)19-29)36-38-34(30-14-11-23(3)17-25(30)5)37-35(39-36)31-15-12-24(4)18-26(31)6;1-6-7-8-9-10-11-18-38-26-14-17-29(30(37)21-26)33-35-31(27-15-12-22(2)19-24(27)4)34-32(36-33)28-16-13-23(3)20-25(28)5;1-3-5-12-22(4-2)31(36)38-20-19-37-25-17-18-26(27(35)21-25)30-33-28(23-13-8-6-9-14-23)32-29(34-30)24-15-10-7-11-16-24;1-27-17-12-13-18(19(26)14-17)22-24-20(15-8-4-2-5-9-15)23-21(25-22)16-10-6-3-7-11-16/h11-19,27-28,40-41H,7-10,20-22H2,1-6H3;12-17,19-21,37H,6-11,18H2,1-5H3;6-11,13-18,21-22,35H,3-5,12,19-20H2,1-2H3;2-14,26H,1H3. The quantitative estimate of drug-likeness (QED) is 0.0176. The fourth-order valence-corrected chi connectivity index (χ4v) is 16.7. The molecule has 0 saturated carbocycles. The van der Waals surface area contributed by atoms with E-state index >= 15 is 0 Å². The fourth-order valence-electron chi connectivity index (χ4n) is 16.7. The van der Waals surface area contributed by atoms with Gasteiger partial charge < -0.3 is 54.0 Å². The molecule has 0 aliphatic heterocycles. The van der Waals surface area contributed by atoms with Gasteiger partial charge in [0.1, 0.15) is 71.9 Å². The first-order valence-electron chi connectivity index (χ1n) is 50.6. The van der Waals surface area contributed by atoms with Crippen LogP contribution in [0.1, 0.15) is 169 Å². The Morgan fingerprint density at radius 2 is 0.575 bits per heavy atom. The number of phenols is 4. The van der Waals surface area contributed by atoms with E-state index in [-0.39, 0.29) is 61.3 Å². The maximum absolute atomic E-state index is 12.3. The van der Waals surface area contributed by atoms with Gasteiger partial charge in [-0.3, -0.25) is 4.79 Å². The number of aliphatic hydroxyl groups is 1. The summed E-state index contributed by atoms with van der Waals surface area (Å²) in [5.41, 5.74) is 18.2. The number of phenolic OH excluding ortho intramolecular Hbond substituents is 4. The summed E-state index contributed by atoms with van der Waals surface area (Å²) in [6.07, 6.45) is 14.7.